The van der Waals surface area contributed by atoms with Crippen molar-refractivity contribution in [2.24, 2.45) is 5.73 Å². The summed E-state index contributed by atoms with van der Waals surface area (Å²) in [6.07, 6.45) is 0. The topological polar surface area (TPSA) is 106 Å². The second-order valence-electron chi connectivity index (χ2n) is 6.12. The standard InChI is InChI=1S/C19H19N5O2S/c1-12-6-5-9-14(10-12)18-22-23-19(27)24(18)11-15(25)21-16(17(20)26)13-7-3-2-4-8-13/h2-10,16H,11H2,1H3,(H2,20,26)(H,21,25)(H,23,27). The second-order valence-corrected chi connectivity index (χ2v) is 6.51. The number of nitrogens with one attached hydrogen (secondary N) is 2. The molecule has 138 valence electrons. The molecule has 0 aliphatic carbocycles. The van der Waals surface area contributed by atoms with Gasteiger partial charge in [-0.1, -0.05) is 54.1 Å². The number of nitrogens with zero attached hydrogens (tertiary/aromatic N) is 2. The molecule has 0 radical (unpaired) electrons. The van der Waals surface area contributed by atoms with E-state index in [2.05, 4.69) is 15.5 Å². The number of aromatic nitrogens is 3. The fourth-order valence-electron chi connectivity index (χ4n) is 2.78. The smallest absolute Gasteiger partial charge is 0.244 e. The van der Waals surface area contributed by atoms with Gasteiger partial charge in [-0.3, -0.25) is 19.3 Å². The van der Waals surface area contributed by atoms with Crippen LogP contribution in [0.3, 0.4) is 0 Å². The third-order valence-corrected chi connectivity index (χ3v) is 4.37. The van der Waals surface area contributed by atoms with E-state index < -0.39 is 17.9 Å². The molecule has 0 bridgehead atoms. The van der Waals surface area contributed by atoms with Gasteiger partial charge in [0.2, 0.25) is 11.8 Å². The molecule has 1 unspecified atom stereocenters. The quantitative estimate of drug-likeness (QED) is 0.570. The van der Waals surface area contributed by atoms with Crippen LogP contribution in [-0.4, -0.2) is 26.6 Å². The normalized spacial score (nSPS) is 11.7. The van der Waals surface area contributed by atoms with Crippen LogP contribution in [0.5, 0.6) is 0 Å². The van der Waals surface area contributed by atoms with E-state index >= 15 is 0 Å². The van der Waals surface area contributed by atoms with Gasteiger partial charge in [-0.25, -0.2) is 0 Å². The van der Waals surface area contributed by atoms with E-state index in [1.807, 2.05) is 37.3 Å². The molecule has 3 aromatic rings. The van der Waals surface area contributed by atoms with Gasteiger partial charge in [0.1, 0.15) is 12.6 Å². The number of amides is 2. The SMILES string of the molecule is Cc1cccc(-c2n[nH]c(=S)n2CC(=O)NC(C(N)=O)c2ccccc2)c1. The fraction of sp³-hybridized carbons (Fsp3) is 0.158. The highest BCUT2D eigenvalue weighted by Gasteiger charge is 2.21. The highest BCUT2D eigenvalue weighted by molar-refractivity contribution is 7.71. The Kier molecular flexibility index (Phi) is 5.46. The molecule has 2 aromatic carbocycles. The van der Waals surface area contributed by atoms with Crippen molar-refractivity contribution in [3.05, 3.63) is 70.5 Å². The Morgan fingerprint density at radius 1 is 1.22 bits per heavy atom. The van der Waals surface area contributed by atoms with Crippen molar-refractivity contribution in [2.45, 2.75) is 19.5 Å². The van der Waals surface area contributed by atoms with Crippen molar-refractivity contribution in [1.29, 1.82) is 0 Å². The third kappa shape index (κ3) is 4.29. The monoisotopic (exact) mass is 381 g/mol. The Labute approximate surface area is 161 Å². The number of hydrogen-bond acceptors (Lipinski definition) is 4. The second kappa shape index (κ2) is 7.96. The van der Waals surface area contributed by atoms with Gasteiger partial charge in [0.25, 0.3) is 0 Å². The summed E-state index contributed by atoms with van der Waals surface area (Å²) in [4.78, 5) is 24.4. The van der Waals surface area contributed by atoms with E-state index in [4.69, 9.17) is 18.0 Å². The van der Waals surface area contributed by atoms with Gasteiger partial charge in [0.15, 0.2) is 10.6 Å². The number of aryl methyl sites for hydroxylation is 1. The van der Waals surface area contributed by atoms with Gasteiger partial charge in [-0.15, -0.1) is 0 Å². The summed E-state index contributed by atoms with van der Waals surface area (Å²) >= 11 is 5.26. The first-order valence-corrected chi connectivity index (χ1v) is 8.72. The van der Waals surface area contributed by atoms with E-state index in [-0.39, 0.29) is 6.54 Å². The molecule has 27 heavy (non-hydrogen) atoms. The lowest BCUT2D eigenvalue weighted by atomic mass is 10.1. The molecule has 3 rings (SSSR count). The molecule has 0 saturated carbocycles. The summed E-state index contributed by atoms with van der Waals surface area (Å²) in [6.45, 7) is 1.88. The highest BCUT2D eigenvalue weighted by Crippen LogP contribution is 2.19. The number of nitrogens with two attached hydrogens (primary N) is 1. The predicted octanol–water partition coefficient (Wildman–Crippen LogP) is 2.26. The lowest BCUT2D eigenvalue weighted by Crippen LogP contribution is -2.39. The molecule has 0 spiro atoms. The number of benzene rings is 2. The molecule has 0 fully saturated rings. The van der Waals surface area contributed by atoms with Crippen LogP contribution < -0.4 is 11.1 Å². The summed E-state index contributed by atoms with van der Waals surface area (Å²) in [5, 5.41) is 9.61. The van der Waals surface area contributed by atoms with Gasteiger partial charge in [0.05, 0.1) is 0 Å². The molecule has 4 N–H and O–H groups in total. The first-order chi connectivity index (χ1) is 13.0. The van der Waals surface area contributed by atoms with E-state index in [1.165, 1.54) is 0 Å². The number of H-pyrrole nitrogens is 1. The minimum atomic E-state index is -0.915. The third-order valence-electron chi connectivity index (χ3n) is 4.06. The largest absolute Gasteiger partial charge is 0.368 e. The maximum absolute atomic E-state index is 12.6. The average Bonchev–Trinajstić information content (AvgIpc) is 3.01. The molecule has 2 amide bonds. The highest BCUT2D eigenvalue weighted by atomic mass is 32.1. The first-order valence-electron chi connectivity index (χ1n) is 8.31. The van der Waals surface area contributed by atoms with Crippen LogP contribution in [0.1, 0.15) is 17.2 Å². The summed E-state index contributed by atoms with van der Waals surface area (Å²) < 4.78 is 1.90. The minimum Gasteiger partial charge on any atom is -0.368 e. The molecule has 0 aliphatic rings. The molecular formula is C19H19N5O2S. The number of carbonyl (C=O) groups is 2. The predicted molar refractivity (Wildman–Crippen MR) is 104 cm³/mol. The van der Waals surface area contributed by atoms with Crippen LogP contribution in [0.25, 0.3) is 11.4 Å². The summed E-state index contributed by atoms with van der Waals surface area (Å²) in [7, 11) is 0. The van der Waals surface area contributed by atoms with Gasteiger partial charge < -0.3 is 11.1 Å². The van der Waals surface area contributed by atoms with Crippen molar-refractivity contribution in [1.82, 2.24) is 20.1 Å². The van der Waals surface area contributed by atoms with Crippen LogP contribution in [0, 0.1) is 11.7 Å². The molecule has 8 heteroatoms. The van der Waals surface area contributed by atoms with Crippen LogP contribution in [0.2, 0.25) is 0 Å². The summed E-state index contributed by atoms with van der Waals surface area (Å²) in [5.41, 5.74) is 7.98. The Morgan fingerprint density at radius 2 is 1.96 bits per heavy atom. The number of rotatable bonds is 6. The fourth-order valence-corrected chi connectivity index (χ4v) is 2.98. The molecule has 1 heterocycles. The van der Waals surface area contributed by atoms with Crippen molar-refractivity contribution in [3.63, 3.8) is 0 Å². The minimum absolute atomic E-state index is 0.0881. The first kappa shape index (κ1) is 18.5. The average molecular weight is 381 g/mol. The van der Waals surface area contributed by atoms with Gasteiger partial charge in [-0.2, -0.15) is 5.10 Å². The molecule has 0 saturated heterocycles. The lowest BCUT2D eigenvalue weighted by molar-refractivity contribution is -0.127. The zero-order chi connectivity index (χ0) is 19.4. The lowest BCUT2D eigenvalue weighted by Gasteiger charge is -2.16. The van der Waals surface area contributed by atoms with Crippen molar-refractivity contribution in [3.8, 4) is 11.4 Å². The van der Waals surface area contributed by atoms with Gasteiger partial charge >= 0.3 is 0 Å². The molecular weight excluding hydrogens is 362 g/mol. The summed E-state index contributed by atoms with van der Waals surface area (Å²) in [6, 6.07) is 15.7. The zero-order valence-electron chi connectivity index (χ0n) is 14.7. The van der Waals surface area contributed by atoms with Crippen LogP contribution in [0.15, 0.2) is 54.6 Å². The Bertz CT molecular complexity index is 1030. The number of aromatic amines is 1. The Hall–Kier alpha value is -3.26. The van der Waals surface area contributed by atoms with Crippen LogP contribution >= 0.6 is 12.2 Å². The molecule has 7 nitrogen and oxygen atoms in total. The molecule has 0 aliphatic heterocycles. The number of carbonyl (C=O) groups excluding carboxylic acids is 2. The van der Waals surface area contributed by atoms with E-state index in [9.17, 15) is 9.59 Å². The van der Waals surface area contributed by atoms with Crippen molar-refractivity contribution < 1.29 is 9.59 Å². The van der Waals surface area contributed by atoms with E-state index in [0.717, 1.165) is 11.1 Å². The van der Waals surface area contributed by atoms with Crippen molar-refractivity contribution in [2.75, 3.05) is 0 Å². The van der Waals surface area contributed by atoms with Gasteiger partial charge in [0, 0.05) is 5.56 Å². The Morgan fingerprint density at radius 3 is 2.63 bits per heavy atom. The van der Waals surface area contributed by atoms with Crippen molar-refractivity contribution >= 4 is 24.0 Å². The molecule has 1 aromatic heterocycles. The van der Waals surface area contributed by atoms with Crippen LogP contribution in [-0.2, 0) is 16.1 Å². The Balaban J connectivity index is 1.83. The zero-order valence-corrected chi connectivity index (χ0v) is 15.5. The summed E-state index contributed by atoms with van der Waals surface area (Å²) in [5.74, 6) is -0.479. The van der Waals surface area contributed by atoms with Crippen LogP contribution in [0.4, 0.5) is 0 Å². The molecule has 1 atom stereocenters. The number of hydrogen-bond donors (Lipinski definition) is 3. The van der Waals surface area contributed by atoms with E-state index in [0.29, 0.717) is 16.2 Å². The number of primary amides is 1. The van der Waals surface area contributed by atoms with E-state index in [1.54, 1.807) is 28.8 Å². The maximum Gasteiger partial charge on any atom is 0.244 e. The van der Waals surface area contributed by atoms with Gasteiger partial charge in [-0.05, 0) is 30.8 Å². The maximum atomic E-state index is 12.6.